The molecular formula is C106H69N3. The lowest BCUT2D eigenvalue weighted by atomic mass is 10.00. The molecule has 23 aromatic rings. The van der Waals surface area contributed by atoms with Gasteiger partial charge in [-0.2, -0.15) is 0 Å². The molecule has 0 aliphatic heterocycles. The van der Waals surface area contributed by atoms with Gasteiger partial charge in [-0.05, 0) is 199 Å². The maximum atomic E-state index is 2.42. The van der Waals surface area contributed by atoms with Gasteiger partial charge in [0.1, 0.15) is 0 Å². The van der Waals surface area contributed by atoms with Crippen molar-refractivity contribution in [1.82, 2.24) is 13.7 Å². The summed E-state index contributed by atoms with van der Waals surface area (Å²) in [5, 5.41) is 25.9. The Morgan fingerprint density at radius 2 is 0.303 bits per heavy atom. The highest BCUT2D eigenvalue weighted by atomic mass is 15.0. The van der Waals surface area contributed by atoms with E-state index in [9.17, 15) is 0 Å². The minimum Gasteiger partial charge on any atom is -0.309 e. The van der Waals surface area contributed by atoms with Crippen molar-refractivity contribution in [3.63, 3.8) is 0 Å². The zero-order valence-corrected chi connectivity index (χ0v) is 59.7. The summed E-state index contributed by atoms with van der Waals surface area (Å²) < 4.78 is 7.26. The Balaban J connectivity index is 0.000000104. The minimum absolute atomic E-state index is 1.17. The second-order valence-corrected chi connectivity index (χ2v) is 28.6. The summed E-state index contributed by atoms with van der Waals surface area (Å²) >= 11 is 0. The van der Waals surface area contributed by atoms with Gasteiger partial charge in [-0.15, -0.1) is 0 Å². The fraction of sp³-hybridized carbons (Fsp3) is 0. The molecular weight excluding hydrogens is 1320 g/mol. The van der Waals surface area contributed by atoms with Crippen molar-refractivity contribution in [2.24, 2.45) is 0 Å². The molecule has 0 saturated heterocycles. The largest absolute Gasteiger partial charge is 0.309 e. The lowest BCUT2D eigenvalue weighted by Crippen LogP contribution is -1.94. The Hall–Kier alpha value is -14.4. The summed E-state index contributed by atoms with van der Waals surface area (Å²) in [4.78, 5) is 0. The highest BCUT2D eigenvalue weighted by molar-refractivity contribution is 6.31. The summed E-state index contributed by atoms with van der Waals surface area (Å²) in [6.45, 7) is 0. The Bertz CT molecular complexity index is 7190. The van der Waals surface area contributed by atoms with E-state index < -0.39 is 0 Å². The maximum absolute atomic E-state index is 2.42. The van der Waals surface area contributed by atoms with Gasteiger partial charge in [0, 0.05) is 49.4 Å². The molecule has 0 aliphatic rings. The van der Waals surface area contributed by atoms with Crippen LogP contribution in [0.1, 0.15) is 0 Å². The van der Waals surface area contributed by atoms with Crippen LogP contribution in [0.4, 0.5) is 0 Å². The molecule has 0 unspecified atom stereocenters. The van der Waals surface area contributed by atoms with E-state index in [1.54, 1.807) is 0 Å². The molecule has 0 spiro atoms. The Labute approximate surface area is 630 Å². The van der Waals surface area contributed by atoms with Crippen LogP contribution >= 0.6 is 0 Å². The van der Waals surface area contributed by atoms with Crippen LogP contribution in [0, 0.1) is 0 Å². The first-order valence-electron chi connectivity index (χ1n) is 37.6. The SMILES string of the molecule is c1ccc(-c2ccc(-c3ccc(-n4c5ccc6ccccc6c5c5c6ccccc6ccc54)cc3)cc2)cc1.c1ccc(-c2ccc(-n3c4ccc5ccccc5c4c4c5ccccc5ccc43)cc2)cc1.c1ccc2cc(-c3ccc(-n4c5ccc6ccccc6c5c5c6ccccc6ccc54)cc3)ccc2c1. The highest BCUT2D eigenvalue weighted by Crippen LogP contribution is 2.45. The van der Waals surface area contributed by atoms with Crippen LogP contribution in [0.25, 0.3) is 202 Å². The fourth-order valence-electron chi connectivity index (χ4n) is 17.4. The highest BCUT2D eigenvalue weighted by Gasteiger charge is 2.22. The Morgan fingerprint density at radius 1 is 0.119 bits per heavy atom. The van der Waals surface area contributed by atoms with Crippen LogP contribution < -0.4 is 0 Å². The maximum Gasteiger partial charge on any atom is 0.0547 e. The second kappa shape index (κ2) is 26.3. The zero-order chi connectivity index (χ0) is 71.9. The average molecular weight is 1380 g/mol. The number of nitrogens with zero attached hydrogens (tertiary/aromatic N) is 3. The number of fused-ring (bicyclic) bond motifs is 22. The third-order valence-electron chi connectivity index (χ3n) is 22.5. The molecule has 23 rings (SSSR count). The van der Waals surface area contributed by atoms with Gasteiger partial charge < -0.3 is 13.7 Å². The number of hydrogen-bond donors (Lipinski definition) is 0. The fourth-order valence-corrected chi connectivity index (χ4v) is 17.4. The molecule has 508 valence electrons. The molecule has 0 aliphatic carbocycles. The van der Waals surface area contributed by atoms with Crippen molar-refractivity contribution >= 4 is 141 Å². The van der Waals surface area contributed by atoms with Crippen molar-refractivity contribution < 1.29 is 0 Å². The molecule has 3 nitrogen and oxygen atoms in total. The van der Waals surface area contributed by atoms with E-state index in [-0.39, 0.29) is 0 Å². The smallest absolute Gasteiger partial charge is 0.0547 e. The molecule has 0 amide bonds. The van der Waals surface area contributed by atoms with E-state index in [0.29, 0.717) is 0 Å². The Morgan fingerprint density at radius 3 is 0.569 bits per heavy atom. The van der Waals surface area contributed by atoms with E-state index in [0.717, 1.165) is 0 Å². The van der Waals surface area contributed by atoms with Crippen LogP contribution in [0.3, 0.4) is 0 Å². The minimum atomic E-state index is 1.17. The van der Waals surface area contributed by atoms with Crippen LogP contribution in [0.2, 0.25) is 0 Å². The molecule has 0 bridgehead atoms. The summed E-state index contributed by atoms with van der Waals surface area (Å²) in [5.41, 5.74) is 20.8. The van der Waals surface area contributed by atoms with Gasteiger partial charge in [0.2, 0.25) is 0 Å². The molecule has 0 saturated carbocycles. The van der Waals surface area contributed by atoms with E-state index in [4.69, 9.17) is 0 Å². The number of aromatic nitrogens is 3. The van der Waals surface area contributed by atoms with E-state index in [2.05, 4.69) is 432 Å². The molecule has 20 aromatic carbocycles. The van der Waals surface area contributed by atoms with Gasteiger partial charge >= 0.3 is 0 Å². The van der Waals surface area contributed by atoms with Crippen molar-refractivity contribution in [1.29, 1.82) is 0 Å². The van der Waals surface area contributed by atoms with Gasteiger partial charge in [-0.3, -0.25) is 0 Å². The normalized spacial score (nSPS) is 11.7. The van der Waals surface area contributed by atoms with Crippen LogP contribution in [-0.4, -0.2) is 13.7 Å². The topological polar surface area (TPSA) is 14.8 Å². The predicted molar refractivity (Wildman–Crippen MR) is 467 cm³/mol. The predicted octanol–water partition coefficient (Wildman–Crippen LogP) is 29.1. The first-order chi connectivity index (χ1) is 54.1. The quantitative estimate of drug-likeness (QED) is 0.151. The number of rotatable bonds is 7. The third-order valence-corrected chi connectivity index (χ3v) is 22.5. The number of benzene rings is 20. The van der Waals surface area contributed by atoms with Crippen LogP contribution in [0.15, 0.2) is 419 Å². The van der Waals surface area contributed by atoms with E-state index >= 15 is 0 Å². The monoisotopic (exact) mass is 1380 g/mol. The molecule has 3 aromatic heterocycles. The number of hydrogen-bond acceptors (Lipinski definition) is 0. The van der Waals surface area contributed by atoms with Gasteiger partial charge in [0.05, 0.1) is 33.1 Å². The van der Waals surface area contributed by atoms with Gasteiger partial charge in [-0.25, -0.2) is 0 Å². The molecule has 0 atom stereocenters. The van der Waals surface area contributed by atoms with E-state index in [1.807, 2.05) is 0 Å². The van der Waals surface area contributed by atoms with Gasteiger partial charge in [0.25, 0.3) is 0 Å². The first-order valence-corrected chi connectivity index (χ1v) is 37.6. The molecule has 0 N–H and O–H groups in total. The lowest BCUT2D eigenvalue weighted by Gasteiger charge is -2.10. The molecule has 3 heteroatoms. The standard InChI is InChI=1S/C38H25N.C36H23N.C32H21N/c1-2-8-26(9-3-1)27-14-16-28(17-15-27)29-18-22-32(23-19-29)39-35-24-20-30-10-4-6-12-33(30)37(35)38-34-13-7-5-11-31(34)21-25-36(38)39;1-2-10-28-23-29(14-13-24(28)7-1)25-15-19-30(20-16-25)37-33-21-17-26-8-3-5-11-31(26)35(33)36-32-12-6-4-9-27(32)18-22-34(36)37;1-2-8-22(9-3-1)23-14-18-26(19-15-23)33-29-20-16-24-10-4-6-12-27(24)31(29)32-28-13-7-5-11-25(28)17-21-30(32)33/h1-25H;1-23H;1-21H. The second-order valence-electron chi connectivity index (χ2n) is 28.6. The summed E-state index contributed by atoms with van der Waals surface area (Å²) in [5.74, 6) is 0. The lowest BCUT2D eigenvalue weighted by molar-refractivity contribution is 1.18. The van der Waals surface area contributed by atoms with Crippen molar-refractivity contribution in [3.8, 4) is 61.6 Å². The van der Waals surface area contributed by atoms with Crippen molar-refractivity contribution in [2.45, 2.75) is 0 Å². The third kappa shape index (κ3) is 10.8. The Kier molecular flexibility index (Phi) is 15.3. The van der Waals surface area contributed by atoms with Gasteiger partial charge in [0.15, 0.2) is 0 Å². The first kappa shape index (κ1) is 63.1. The van der Waals surface area contributed by atoms with Crippen molar-refractivity contribution in [2.75, 3.05) is 0 Å². The van der Waals surface area contributed by atoms with Crippen molar-refractivity contribution in [3.05, 3.63) is 419 Å². The van der Waals surface area contributed by atoms with E-state index in [1.165, 1.54) is 202 Å². The molecule has 3 heterocycles. The van der Waals surface area contributed by atoms with Crippen LogP contribution in [-0.2, 0) is 0 Å². The summed E-state index contributed by atoms with van der Waals surface area (Å²) in [6.07, 6.45) is 0. The molecule has 109 heavy (non-hydrogen) atoms. The summed E-state index contributed by atoms with van der Waals surface area (Å²) in [6, 6.07) is 152. The average Bonchev–Trinajstić information content (AvgIpc) is 1.58. The molecule has 0 fully saturated rings. The molecule has 0 radical (unpaired) electrons. The van der Waals surface area contributed by atoms with Gasteiger partial charge in [-0.1, -0.05) is 340 Å². The zero-order valence-electron chi connectivity index (χ0n) is 59.7. The van der Waals surface area contributed by atoms with Crippen LogP contribution in [0.5, 0.6) is 0 Å². The summed E-state index contributed by atoms with van der Waals surface area (Å²) in [7, 11) is 0.